The maximum absolute atomic E-state index is 13.9. The third kappa shape index (κ3) is 4.70. The molecule has 4 aromatic rings. The van der Waals surface area contributed by atoms with E-state index in [4.69, 9.17) is 4.98 Å². The minimum Gasteiger partial charge on any atom is -0.355 e. The van der Waals surface area contributed by atoms with Gasteiger partial charge in [-0.2, -0.15) is 0 Å². The zero-order valence-corrected chi connectivity index (χ0v) is 18.1. The molecular weight excluding hydrogens is 433 g/mol. The van der Waals surface area contributed by atoms with Crippen molar-refractivity contribution in [1.82, 2.24) is 10.3 Å². The fourth-order valence-corrected chi connectivity index (χ4v) is 4.93. The summed E-state index contributed by atoms with van der Waals surface area (Å²) in [4.78, 5) is 31.2. The molecule has 0 aliphatic rings. The molecule has 0 aliphatic carbocycles. The number of thiazole rings is 1. The second-order valence-corrected chi connectivity index (χ2v) is 8.66. The van der Waals surface area contributed by atoms with E-state index >= 15 is 0 Å². The number of aromatic nitrogens is 1. The number of carbonyl (C=O) groups is 2. The zero-order chi connectivity index (χ0) is 21.8. The van der Waals surface area contributed by atoms with Gasteiger partial charge in [0.2, 0.25) is 5.91 Å². The molecule has 2 aromatic heterocycles. The van der Waals surface area contributed by atoms with Crippen LogP contribution >= 0.6 is 22.7 Å². The van der Waals surface area contributed by atoms with Crippen LogP contribution < -0.4 is 10.6 Å². The molecule has 0 saturated carbocycles. The van der Waals surface area contributed by atoms with Crippen LogP contribution in [0.3, 0.4) is 0 Å². The van der Waals surface area contributed by atoms with E-state index in [2.05, 4.69) is 10.6 Å². The van der Waals surface area contributed by atoms with E-state index in [-0.39, 0.29) is 17.9 Å². The number of hydrogen-bond donors (Lipinski definition) is 2. The number of thiophene rings is 1. The summed E-state index contributed by atoms with van der Waals surface area (Å²) in [7, 11) is 1.42. The maximum Gasteiger partial charge on any atom is 0.254 e. The molecule has 0 radical (unpaired) electrons. The monoisotopic (exact) mass is 451 g/mol. The largest absolute Gasteiger partial charge is 0.355 e. The van der Waals surface area contributed by atoms with Crippen LogP contribution in [-0.2, 0) is 11.2 Å². The Morgan fingerprint density at radius 1 is 1.06 bits per heavy atom. The second-order valence-electron chi connectivity index (χ2n) is 6.63. The van der Waals surface area contributed by atoms with Crippen LogP contribution in [0.4, 0.5) is 10.1 Å². The Morgan fingerprint density at radius 3 is 2.58 bits per heavy atom. The molecule has 0 unspecified atom stereocenters. The van der Waals surface area contributed by atoms with Crippen LogP contribution in [0.2, 0.25) is 0 Å². The molecule has 0 atom stereocenters. The number of amides is 2. The molecule has 2 N–H and O–H groups in total. The average Bonchev–Trinajstić information content (AvgIpc) is 3.45. The molecule has 0 spiro atoms. The van der Waals surface area contributed by atoms with Crippen LogP contribution in [0.15, 0.2) is 66.0 Å². The Balaban J connectivity index is 1.59. The van der Waals surface area contributed by atoms with Crippen LogP contribution in [0.1, 0.15) is 15.2 Å². The highest BCUT2D eigenvalue weighted by atomic mass is 32.1. The first-order chi connectivity index (χ1) is 15.0. The number of nitrogens with one attached hydrogen (secondary N) is 2. The number of benzene rings is 2. The lowest BCUT2D eigenvalue weighted by atomic mass is 10.1. The topological polar surface area (TPSA) is 71.1 Å². The second kappa shape index (κ2) is 9.20. The highest BCUT2D eigenvalue weighted by Gasteiger charge is 2.19. The number of rotatable bonds is 6. The van der Waals surface area contributed by atoms with E-state index in [0.717, 1.165) is 32.1 Å². The maximum atomic E-state index is 13.9. The fraction of sp³-hybridized carbons (Fsp3) is 0.0870. The third-order valence-corrected chi connectivity index (χ3v) is 6.50. The summed E-state index contributed by atoms with van der Waals surface area (Å²) in [6.45, 7) is 0. The lowest BCUT2D eigenvalue weighted by Crippen LogP contribution is -2.20. The van der Waals surface area contributed by atoms with Crippen molar-refractivity contribution in [3.63, 3.8) is 0 Å². The van der Waals surface area contributed by atoms with Gasteiger partial charge in [0.15, 0.2) is 0 Å². The average molecular weight is 452 g/mol. The highest BCUT2D eigenvalue weighted by Crippen LogP contribution is 2.36. The van der Waals surface area contributed by atoms with Crippen molar-refractivity contribution in [3.05, 3.63) is 82.3 Å². The quantitative estimate of drug-likeness (QED) is 0.422. The van der Waals surface area contributed by atoms with Gasteiger partial charge in [-0.25, -0.2) is 9.37 Å². The molecule has 0 saturated heterocycles. The number of anilines is 1. The van der Waals surface area contributed by atoms with Gasteiger partial charge in [-0.1, -0.05) is 36.4 Å². The first kappa shape index (κ1) is 20.9. The van der Waals surface area contributed by atoms with Gasteiger partial charge in [-0.15, -0.1) is 22.7 Å². The molecule has 4 rings (SSSR count). The first-order valence-electron chi connectivity index (χ1n) is 9.45. The minimum absolute atomic E-state index is 0.115. The third-order valence-electron chi connectivity index (χ3n) is 4.52. The molecule has 0 aliphatic heterocycles. The van der Waals surface area contributed by atoms with Gasteiger partial charge in [0.05, 0.1) is 22.6 Å². The van der Waals surface area contributed by atoms with Crippen LogP contribution in [0.5, 0.6) is 0 Å². The predicted octanol–water partition coefficient (Wildman–Crippen LogP) is 5.22. The van der Waals surface area contributed by atoms with E-state index in [1.165, 1.54) is 30.5 Å². The molecular formula is C23H18FN3O2S2. The smallest absolute Gasteiger partial charge is 0.254 e. The number of nitrogens with zero attached hydrogens (tertiary/aromatic N) is 1. The first-order valence-corrected chi connectivity index (χ1v) is 11.1. The normalized spacial score (nSPS) is 10.6. The van der Waals surface area contributed by atoms with E-state index in [9.17, 15) is 14.0 Å². The highest BCUT2D eigenvalue weighted by molar-refractivity contribution is 7.17. The van der Waals surface area contributed by atoms with Crippen molar-refractivity contribution in [3.8, 4) is 21.1 Å². The van der Waals surface area contributed by atoms with Gasteiger partial charge in [-0.05, 0) is 29.6 Å². The van der Waals surface area contributed by atoms with Gasteiger partial charge >= 0.3 is 0 Å². The molecule has 5 nitrogen and oxygen atoms in total. The summed E-state index contributed by atoms with van der Waals surface area (Å²) < 4.78 is 13.9. The van der Waals surface area contributed by atoms with Crippen LogP contribution in [-0.4, -0.2) is 23.8 Å². The van der Waals surface area contributed by atoms with Crippen molar-refractivity contribution in [2.45, 2.75) is 6.42 Å². The zero-order valence-electron chi connectivity index (χ0n) is 16.5. The molecule has 31 heavy (non-hydrogen) atoms. The molecule has 8 heteroatoms. The summed E-state index contributed by atoms with van der Waals surface area (Å²) in [6, 6.07) is 17.7. The van der Waals surface area contributed by atoms with Crippen molar-refractivity contribution < 1.29 is 14.0 Å². The van der Waals surface area contributed by atoms with Gasteiger partial charge in [0.1, 0.15) is 10.8 Å². The van der Waals surface area contributed by atoms with Gasteiger partial charge in [-0.3, -0.25) is 9.59 Å². The Kier molecular flexibility index (Phi) is 6.20. The lowest BCUT2D eigenvalue weighted by Gasteiger charge is -2.08. The van der Waals surface area contributed by atoms with Crippen molar-refractivity contribution in [1.29, 1.82) is 0 Å². The van der Waals surface area contributed by atoms with Crippen LogP contribution in [0, 0.1) is 5.82 Å². The number of halogens is 1. The predicted molar refractivity (Wildman–Crippen MR) is 123 cm³/mol. The fourth-order valence-electron chi connectivity index (χ4n) is 3.04. The Hall–Kier alpha value is -3.36. The van der Waals surface area contributed by atoms with Gasteiger partial charge < -0.3 is 10.6 Å². The van der Waals surface area contributed by atoms with E-state index in [1.54, 1.807) is 11.3 Å². The number of hydrogen-bond acceptors (Lipinski definition) is 5. The SMILES string of the molecule is CNC(=O)c1cc(NC(=O)Cc2sc(-c3ccccc3)nc2-c2cccs2)ccc1F. The van der Waals surface area contributed by atoms with Crippen LogP contribution in [0.25, 0.3) is 21.1 Å². The summed E-state index contributed by atoms with van der Waals surface area (Å²) in [5, 5.41) is 7.96. The Morgan fingerprint density at radius 2 is 1.87 bits per heavy atom. The van der Waals surface area contributed by atoms with E-state index in [0.29, 0.717) is 5.69 Å². The van der Waals surface area contributed by atoms with E-state index in [1.807, 2.05) is 47.8 Å². The van der Waals surface area contributed by atoms with Gasteiger partial charge in [0.25, 0.3) is 5.91 Å². The molecule has 0 fully saturated rings. The summed E-state index contributed by atoms with van der Waals surface area (Å²) in [5.74, 6) is -1.47. The Labute approximate surface area is 186 Å². The molecule has 2 amide bonds. The minimum atomic E-state index is -0.646. The molecule has 2 heterocycles. The number of carbonyl (C=O) groups excluding carboxylic acids is 2. The van der Waals surface area contributed by atoms with Crippen molar-refractivity contribution in [2.24, 2.45) is 0 Å². The lowest BCUT2D eigenvalue weighted by molar-refractivity contribution is -0.115. The molecule has 0 bridgehead atoms. The van der Waals surface area contributed by atoms with Crippen molar-refractivity contribution >= 4 is 40.2 Å². The summed E-state index contributed by atoms with van der Waals surface area (Å²) in [6.07, 6.45) is 0.115. The molecule has 2 aromatic carbocycles. The van der Waals surface area contributed by atoms with Crippen molar-refractivity contribution in [2.75, 3.05) is 12.4 Å². The summed E-state index contributed by atoms with van der Waals surface area (Å²) >= 11 is 3.04. The Bertz CT molecular complexity index is 1220. The standard InChI is InChI=1S/C23H18FN3O2S2/c1-25-22(29)16-12-15(9-10-17(16)24)26-20(28)13-19-21(18-8-5-11-30-18)27-23(31-19)14-6-3-2-4-7-14/h2-12H,13H2,1H3,(H,25,29)(H,26,28). The van der Waals surface area contributed by atoms with Gasteiger partial charge in [0, 0.05) is 23.2 Å². The van der Waals surface area contributed by atoms with E-state index < -0.39 is 11.7 Å². The molecule has 156 valence electrons. The summed E-state index contributed by atoms with van der Waals surface area (Å²) in [5.41, 5.74) is 2.02.